The molecule has 1 heterocycles. The SMILES string of the molecule is OC(CCl)CNc1ccc2nn(-c3ccc(F)cc3)nc2c1. The van der Waals surface area contributed by atoms with Gasteiger partial charge in [0.15, 0.2) is 0 Å². The molecule has 5 nitrogen and oxygen atoms in total. The van der Waals surface area contributed by atoms with Crippen molar-refractivity contribution in [3.05, 3.63) is 48.3 Å². The zero-order chi connectivity index (χ0) is 15.5. The van der Waals surface area contributed by atoms with Crippen molar-refractivity contribution in [2.45, 2.75) is 6.10 Å². The fourth-order valence-electron chi connectivity index (χ4n) is 2.00. The fourth-order valence-corrected chi connectivity index (χ4v) is 2.11. The fraction of sp³-hybridized carbons (Fsp3) is 0.200. The Bertz CT molecular complexity index is 775. The summed E-state index contributed by atoms with van der Waals surface area (Å²) in [7, 11) is 0. The molecule has 7 heteroatoms. The Hall–Kier alpha value is -2.18. The predicted molar refractivity (Wildman–Crippen MR) is 84.0 cm³/mol. The van der Waals surface area contributed by atoms with Crippen LogP contribution >= 0.6 is 11.6 Å². The molecule has 3 aromatic rings. The second-order valence-electron chi connectivity index (χ2n) is 4.86. The summed E-state index contributed by atoms with van der Waals surface area (Å²) in [4.78, 5) is 1.46. The molecule has 0 aliphatic carbocycles. The van der Waals surface area contributed by atoms with E-state index in [9.17, 15) is 9.50 Å². The monoisotopic (exact) mass is 320 g/mol. The van der Waals surface area contributed by atoms with Gasteiger partial charge in [0.1, 0.15) is 16.9 Å². The number of fused-ring (bicyclic) bond motifs is 1. The van der Waals surface area contributed by atoms with Gasteiger partial charge in [-0.05, 0) is 42.5 Å². The summed E-state index contributed by atoms with van der Waals surface area (Å²) in [6.07, 6.45) is -0.604. The Morgan fingerprint density at radius 1 is 1.14 bits per heavy atom. The lowest BCUT2D eigenvalue weighted by molar-refractivity contribution is 0.211. The average Bonchev–Trinajstić information content (AvgIpc) is 2.96. The van der Waals surface area contributed by atoms with Crippen molar-refractivity contribution in [2.75, 3.05) is 17.7 Å². The van der Waals surface area contributed by atoms with Gasteiger partial charge in [0, 0.05) is 12.2 Å². The van der Waals surface area contributed by atoms with Gasteiger partial charge in [0.25, 0.3) is 0 Å². The highest BCUT2D eigenvalue weighted by Gasteiger charge is 2.07. The van der Waals surface area contributed by atoms with Gasteiger partial charge in [-0.15, -0.1) is 21.8 Å². The van der Waals surface area contributed by atoms with Crippen LogP contribution in [0.4, 0.5) is 10.1 Å². The number of hydrogen-bond donors (Lipinski definition) is 2. The van der Waals surface area contributed by atoms with Crippen molar-refractivity contribution < 1.29 is 9.50 Å². The van der Waals surface area contributed by atoms with E-state index < -0.39 is 6.10 Å². The zero-order valence-electron chi connectivity index (χ0n) is 11.6. The minimum absolute atomic E-state index is 0.177. The smallest absolute Gasteiger partial charge is 0.123 e. The number of benzene rings is 2. The number of anilines is 1. The number of halogens is 2. The molecule has 1 atom stereocenters. The Morgan fingerprint density at radius 2 is 1.86 bits per heavy atom. The van der Waals surface area contributed by atoms with E-state index >= 15 is 0 Å². The van der Waals surface area contributed by atoms with Gasteiger partial charge in [0.2, 0.25) is 0 Å². The maximum absolute atomic E-state index is 13.0. The van der Waals surface area contributed by atoms with Crippen molar-refractivity contribution >= 4 is 28.3 Å². The standard InChI is InChI=1S/C15H14ClFN4O/c16-8-13(22)9-18-11-3-6-14-15(7-11)20-21(19-14)12-4-1-10(17)2-5-12/h1-7,13,18,22H,8-9H2. The lowest BCUT2D eigenvalue weighted by atomic mass is 10.2. The molecular formula is C15H14ClFN4O. The van der Waals surface area contributed by atoms with Gasteiger partial charge in [0.05, 0.1) is 17.7 Å². The van der Waals surface area contributed by atoms with Crippen LogP contribution < -0.4 is 5.32 Å². The second kappa shape index (κ2) is 6.29. The van der Waals surface area contributed by atoms with Crippen molar-refractivity contribution in [1.29, 1.82) is 0 Å². The predicted octanol–water partition coefficient (Wildman–Crippen LogP) is 2.57. The van der Waals surface area contributed by atoms with E-state index in [1.54, 1.807) is 12.1 Å². The molecule has 22 heavy (non-hydrogen) atoms. The first-order chi connectivity index (χ1) is 10.7. The number of aromatic nitrogens is 3. The van der Waals surface area contributed by atoms with Crippen LogP contribution in [0.3, 0.4) is 0 Å². The minimum atomic E-state index is -0.604. The number of hydrogen-bond acceptors (Lipinski definition) is 4. The van der Waals surface area contributed by atoms with Crippen LogP contribution in [0.25, 0.3) is 16.7 Å². The summed E-state index contributed by atoms with van der Waals surface area (Å²) < 4.78 is 13.0. The number of aliphatic hydroxyl groups excluding tert-OH is 1. The summed E-state index contributed by atoms with van der Waals surface area (Å²) in [5.74, 6) is -0.125. The van der Waals surface area contributed by atoms with Crippen LogP contribution in [-0.2, 0) is 0 Å². The molecule has 0 fully saturated rings. The first kappa shape index (κ1) is 14.7. The van der Waals surface area contributed by atoms with Gasteiger partial charge < -0.3 is 10.4 Å². The molecule has 2 N–H and O–H groups in total. The quantitative estimate of drug-likeness (QED) is 0.709. The molecule has 0 radical (unpaired) electrons. The van der Waals surface area contributed by atoms with Crippen LogP contribution in [0.15, 0.2) is 42.5 Å². The lowest BCUT2D eigenvalue weighted by Crippen LogP contribution is -2.20. The number of nitrogens with zero attached hydrogens (tertiary/aromatic N) is 3. The number of nitrogens with one attached hydrogen (secondary N) is 1. The molecule has 1 aromatic heterocycles. The molecule has 1 unspecified atom stereocenters. The lowest BCUT2D eigenvalue weighted by Gasteiger charge is -2.09. The Balaban J connectivity index is 1.85. The second-order valence-corrected chi connectivity index (χ2v) is 5.17. The Morgan fingerprint density at radius 3 is 2.59 bits per heavy atom. The number of alkyl halides is 1. The molecular weight excluding hydrogens is 307 g/mol. The summed E-state index contributed by atoms with van der Waals surface area (Å²) >= 11 is 5.55. The van der Waals surface area contributed by atoms with Crippen LogP contribution in [0.2, 0.25) is 0 Å². The maximum Gasteiger partial charge on any atom is 0.123 e. The van der Waals surface area contributed by atoms with Crippen LogP contribution in [0.5, 0.6) is 0 Å². The van der Waals surface area contributed by atoms with E-state index in [1.807, 2.05) is 18.2 Å². The van der Waals surface area contributed by atoms with Crippen molar-refractivity contribution in [3.8, 4) is 5.69 Å². The third-order valence-corrected chi connectivity index (χ3v) is 3.51. The van der Waals surface area contributed by atoms with Gasteiger partial charge >= 0.3 is 0 Å². The molecule has 0 spiro atoms. The van der Waals surface area contributed by atoms with Crippen molar-refractivity contribution in [2.24, 2.45) is 0 Å². The van der Waals surface area contributed by atoms with E-state index in [-0.39, 0.29) is 11.7 Å². The van der Waals surface area contributed by atoms with E-state index in [2.05, 4.69) is 15.5 Å². The summed E-state index contributed by atoms with van der Waals surface area (Å²) in [6, 6.07) is 11.5. The Labute approximate surface area is 131 Å². The van der Waals surface area contributed by atoms with Crippen LogP contribution in [0.1, 0.15) is 0 Å². The highest BCUT2D eigenvalue weighted by molar-refractivity contribution is 6.18. The van der Waals surface area contributed by atoms with Crippen molar-refractivity contribution in [1.82, 2.24) is 15.0 Å². The molecule has 0 saturated heterocycles. The largest absolute Gasteiger partial charge is 0.390 e. The highest BCUT2D eigenvalue weighted by atomic mass is 35.5. The van der Waals surface area contributed by atoms with E-state index in [0.29, 0.717) is 17.7 Å². The first-order valence-corrected chi connectivity index (χ1v) is 7.30. The topological polar surface area (TPSA) is 63.0 Å². The molecule has 0 aliphatic heterocycles. The first-order valence-electron chi connectivity index (χ1n) is 6.76. The summed E-state index contributed by atoms with van der Waals surface area (Å²) in [5.41, 5.74) is 2.94. The molecule has 0 amide bonds. The molecule has 114 valence electrons. The van der Waals surface area contributed by atoms with Crippen LogP contribution in [-0.4, -0.2) is 38.6 Å². The normalized spacial score (nSPS) is 12.5. The molecule has 3 rings (SSSR count). The average molecular weight is 321 g/mol. The Kier molecular flexibility index (Phi) is 4.22. The van der Waals surface area contributed by atoms with Crippen LogP contribution in [0, 0.1) is 5.82 Å². The maximum atomic E-state index is 13.0. The summed E-state index contributed by atoms with van der Waals surface area (Å²) in [6.45, 7) is 0.362. The van der Waals surface area contributed by atoms with E-state index in [1.165, 1.54) is 16.9 Å². The zero-order valence-corrected chi connectivity index (χ0v) is 12.3. The van der Waals surface area contributed by atoms with Crippen molar-refractivity contribution in [3.63, 3.8) is 0 Å². The number of aliphatic hydroxyl groups is 1. The third kappa shape index (κ3) is 3.18. The highest BCUT2D eigenvalue weighted by Crippen LogP contribution is 2.17. The molecule has 0 saturated carbocycles. The van der Waals surface area contributed by atoms with Gasteiger partial charge in [-0.25, -0.2) is 4.39 Å². The van der Waals surface area contributed by atoms with E-state index in [0.717, 1.165) is 11.2 Å². The van der Waals surface area contributed by atoms with Gasteiger partial charge in [-0.2, -0.15) is 4.80 Å². The van der Waals surface area contributed by atoms with E-state index in [4.69, 9.17) is 11.6 Å². The summed E-state index contributed by atoms with van der Waals surface area (Å²) in [5, 5.41) is 21.3. The molecule has 0 aliphatic rings. The van der Waals surface area contributed by atoms with Gasteiger partial charge in [-0.1, -0.05) is 0 Å². The molecule has 0 bridgehead atoms. The minimum Gasteiger partial charge on any atom is -0.390 e. The number of rotatable bonds is 5. The molecule has 2 aromatic carbocycles. The van der Waals surface area contributed by atoms with Gasteiger partial charge in [-0.3, -0.25) is 0 Å². The third-order valence-electron chi connectivity index (χ3n) is 3.16.